The normalized spacial score (nSPS) is 14.5. The molecule has 1 N–H and O–H groups in total. The first-order chi connectivity index (χ1) is 16.8. The molecule has 0 saturated carbocycles. The van der Waals surface area contributed by atoms with Crippen molar-refractivity contribution in [2.45, 2.75) is 33.2 Å². The van der Waals surface area contributed by atoms with Crippen LogP contribution in [0.3, 0.4) is 0 Å². The van der Waals surface area contributed by atoms with Gasteiger partial charge in [-0.3, -0.25) is 9.59 Å². The van der Waals surface area contributed by atoms with Gasteiger partial charge in [0.15, 0.2) is 11.5 Å². The lowest BCUT2D eigenvalue weighted by Gasteiger charge is -2.33. The van der Waals surface area contributed by atoms with Crippen LogP contribution in [0.15, 0.2) is 41.3 Å². The summed E-state index contributed by atoms with van der Waals surface area (Å²) in [6.45, 7) is 9.36. The van der Waals surface area contributed by atoms with E-state index in [1.807, 2.05) is 38.1 Å². The lowest BCUT2D eigenvalue weighted by Crippen LogP contribution is -2.44. The Balaban J connectivity index is 1.66. The fourth-order valence-corrected chi connectivity index (χ4v) is 4.31. The van der Waals surface area contributed by atoms with Gasteiger partial charge in [0, 0.05) is 55.8 Å². The molecule has 3 heterocycles. The standard InChI is InChI=1S/C26H32ClN5O3/c1-5-20(33)16-35-24-13-18-12-19(6-7-23(18)32(17(2)3)26(24)34)29-22-14-25(28-15-21(22)27)31-10-8-30(4)9-11-31/h6-7,12-15,17H,5,8-11,16H2,1-4H3,(H,28,29). The Morgan fingerprint density at radius 1 is 1.17 bits per heavy atom. The van der Waals surface area contributed by atoms with Crippen LogP contribution in [-0.2, 0) is 4.79 Å². The first-order valence-electron chi connectivity index (χ1n) is 12.0. The molecule has 0 bridgehead atoms. The Labute approximate surface area is 210 Å². The quantitative estimate of drug-likeness (QED) is 0.491. The van der Waals surface area contributed by atoms with E-state index in [-0.39, 0.29) is 29.7 Å². The maximum absolute atomic E-state index is 13.0. The third-order valence-electron chi connectivity index (χ3n) is 6.25. The molecule has 0 amide bonds. The van der Waals surface area contributed by atoms with Gasteiger partial charge in [0.1, 0.15) is 12.4 Å². The number of nitrogens with zero attached hydrogens (tertiary/aromatic N) is 4. The van der Waals surface area contributed by atoms with E-state index in [1.54, 1.807) is 23.8 Å². The summed E-state index contributed by atoms with van der Waals surface area (Å²) in [6.07, 6.45) is 2.04. The zero-order valence-electron chi connectivity index (χ0n) is 20.7. The molecule has 3 aromatic rings. The number of carbonyl (C=O) groups excluding carboxylic acids is 1. The Morgan fingerprint density at radius 2 is 1.91 bits per heavy atom. The van der Waals surface area contributed by atoms with Gasteiger partial charge < -0.3 is 24.4 Å². The summed E-state index contributed by atoms with van der Waals surface area (Å²) in [5, 5.41) is 4.75. The number of pyridine rings is 2. The minimum atomic E-state index is -0.244. The number of anilines is 3. The number of ether oxygens (including phenoxy) is 1. The molecule has 0 atom stereocenters. The maximum Gasteiger partial charge on any atom is 0.293 e. The number of carbonyl (C=O) groups is 1. The van der Waals surface area contributed by atoms with Crippen molar-refractivity contribution >= 4 is 45.5 Å². The van der Waals surface area contributed by atoms with Crippen molar-refractivity contribution in [2.24, 2.45) is 0 Å². The molecule has 1 aliphatic rings. The Bertz CT molecular complexity index is 1280. The van der Waals surface area contributed by atoms with E-state index in [0.29, 0.717) is 11.4 Å². The van der Waals surface area contributed by atoms with Crippen LogP contribution in [0.1, 0.15) is 33.2 Å². The molecule has 0 spiro atoms. The van der Waals surface area contributed by atoms with Gasteiger partial charge in [-0.1, -0.05) is 18.5 Å². The number of fused-ring (bicyclic) bond motifs is 1. The van der Waals surface area contributed by atoms with Crippen molar-refractivity contribution in [3.8, 4) is 5.75 Å². The summed E-state index contributed by atoms with van der Waals surface area (Å²) < 4.78 is 7.30. The van der Waals surface area contributed by atoms with E-state index < -0.39 is 0 Å². The summed E-state index contributed by atoms with van der Waals surface area (Å²) in [5.74, 6) is 1.000. The van der Waals surface area contributed by atoms with E-state index in [4.69, 9.17) is 16.3 Å². The summed E-state index contributed by atoms with van der Waals surface area (Å²) in [4.78, 5) is 33.9. The molecule has 0 unspecified atom stereocenters. The smallest absolute Gasteiger partial charge is 0.293 e. The highest BCUT2D eigenvalue weighted by molar-refractivity contribution is 6.33. The molecule has 4 rings (SSSR count). The number of likely N-dealkylation sites (N-methyl/N-ethyl adjacent to an activating group) is 1. The second kappa shape index (κ2) is 10.7. The number of rotatable bonds is 8. The number of ketones is 1. The van der Waals surface area contributed by atoms with Crippen LogP contribution < -0.4 is 20.5 Å². The molecule has 1 fully saturated rings. The number of aromatic nitrogens is 2. The van der Waals surface area contributed by atoms with Gasteiger partial charge in [0.25, 0.3) is 5.56 Å². The topological polar surface area (TPSA) is 79.7 Å². The van der Waals surface area contributed by atoms with Gasteiger partial charge in [0.05, 0.1) is 22.4 Å². The fraction of sp³-hybridized carbons (Fsp3) is 0.423. The van der Waals surface area contributed by atoms with Gasteiger partial charge in [-0.05, 0) is 45.2 Å². The molecule has 9 heteroatoms. The van der Waals surface area contributed by atoms with Crippen LogP contribution >= 0.6 is 11.6 Å². The van der Waals surface area contributed by atoms with Crippen LogP contribution in [0.5, 0.6) is 5.75 Å². The Hall–Kier alpha value is -3.10. The van der Waals surface area contributed by atoms with E-state index in [0.717, 1.165) is 54.3 Å². The first kappa shape index (κ1) is 25.0. The first-order valence-corrected chi connectivity index (χ1v) is 12.3. The van der Waals surface area contributed by atoms with Crippen molar-refractivity contribution in [3.05, 3.63) is 51.9 Å². The maximum atomic E-state index is 13.0. The van der Waals surface area contributed by atoms with Crippen LogP contribution in [0.4, 0.5) is 17.2 Å². The largest absolute Gasteiger partial charge is 0.480 e. The minimum absolute atomic E-state index is 0.0560. The number of Topliss-reactive ketones (excluding diaryl/α,β-unsaturated/α-hetero) is 1. The zero-order valence-corrected chi connectivity index (χ0v) is 21.4. The van der Waals surface area contributed by atoms with Crippen molar-refractivity contribution in [1.29, 1.82) is 0 Å². The van der Waals surface area contributed by atoms with E-state index in [1.165, 1.54) is 0 Å². The van der Waals surface area contributed by atoms with E-state index in [2.05, 4.69) is 27.1 Å². The summed E-state index contributed by atoms with van der Waals surface area (Å²) in [7, 11) is 2.12. The van der Waals surface area contributed by atoms with Crippen molar-refractivity contribution in [1.82, 2.24) is 14.5 Å². The third-order valence-corrected chi connectivity index (χ3v) is 6.55. The Kier molecular flexibility index (Phi) is 7.62. The van der Waals surface area contributed by atoms with Crippen molar-refractivity contribution < 1.29 is 9.53 Å². The lowest BCUT2D eigenvalue weighted by atomic mass is 10.1. The molecule has 0 radical (unpaired) electrons. The highest BCUT2D eigenvalue weighted by Crippen LogP contribution is 2.31. The average Bonchev–Trinajstić information content (AvgIpc) is 2.84. The second-order valence-electron chi connectivity index (χ2n) is 9.17. The van der Waals surface area contributed by atoms with Gasteiger partial charge in [-0.15, -0.1) is 0 Å². The number of hydrogen-bond acceptors (Lipinski definition) is 7. The van der Waals surface area contributed by atoms with Gasteiger partial charge in [-0.2, -0.15) is 0 Å². The predicted molar refractivity (Wildman–Crippen MR) is 142 cm³/mol. The van der Waals surface area contributed by atoms with Crippen LogP contribution in [0.25, 0.3) is 10.9 Å². The fourth-order valence-electron chi connectivity index (χ4n) is 4.16. The lowest BCUT2D eigenvalue weighted by molar-refractivity contribution is -0.120. The summed E-state index contributed by atoms with van der Waals surface area (Å²) in [5.41, 5.74) is 2.13. The number of benzene rings is 1. The number of piperazine rings is 1. The van der Waals surface area contributed by atoms with Gasteiger partial charge in [-0.25, -0.2) is 4.98 Å². The molecule has 1 aliphatic heterocycles. The minimum Gasteiger partial charge on any atom is -0.480 e. The number of nitrogens with one attached hydrogen (secondary N) is 1. The molecule has 8 nitrogen and oxygen atoms in total. The molecular formula is C26H32ClN5O3. The second-order valence-corrected chi connectivity index (χ2v) is 9.58. The van der Waals surface area contributed by atoms with E-state index >= 15 is 0 Å². The molecule has 35 heavy (non-hydrogen) atoms. The number of hydrogen-bond donors (Lipinski definition) is 1. The number of halogens is 1. The van der Waals surface area contributed by atoms with E-state index in [9.17, 15) is 9.59 Å². The van der Waals surface area contributed by atoms with Crippen LogP contribution in [0.2, 0.25) is 5.02 Å². The van der Waals surface area contributed by atoms with Gasteiger partial charge >= 0.3 is 0 Å². The van der Waals surface area contributed by atoms with Crippen molar-refractivity contribution in [2.75, 3.05) is 50.1 Å². The SMILES string of the molecule is CCC(=O)COc1cc2cc(Nc3cc(N4CCN(C)CC4)ncc3Cl)ccc2n(C(C)C)c1=O. The van der Waals surface area contributed by atoms with Crippen LogP contribution in [-0.4, -0.2) is 60.1 Å². The highest BCUT2D eigenvalue weighted by atomic mass is 35.5. The average molecular weight is 498 g/mol. The molecular weight excluding hydrogens is 466 g/mol. The van der Waals surface area contributed by atoms with Crippen molar-refractivity contribution in [3.63, 3.8) is 0 Å². The third kappa shape index (κ3) is 5.60. The molecule has 186 valence electrons. The summed E-state index contributed by atoms with van der Waals surface area (Å²) in [6, 6.07) is 9.39. The highest BCUT2D eigenvalue weighted by Gasteiger charge is 2.18. The zero-order chi connectivity index (χ0) is 25.1. The molecule has 0 aliphatic carbocycles. The van der Waals surface area contributed by atoms with Gasteiger partial charge in [0.2, 0.25) is 0 Å². The Morgan fingerprint density at radius 3 is 2.60 bits per heavy atom. The monoisotopic (exact) mass is 497 g/mol. The molecule has 1 aromatic carbocycles. The van der Waals surface area contributed by atoms with Crippen LogP contribution in [0, 0.1) is 0 Å². The molecule has 1 saturated heterocycles. The summed E-state index contributed by atoms with van der Waals surface area (Å²) >= 11 is 6.47. The molecule has 2 aromatic heterocycles. The predicted octanol–water partition coefficient (Wildman–Crippen LogP) is 4.48.